The van der Waals surface area contributed by atoms with E-state index in [1.807, 2.05) is 6.07 Å². The van der Waals surface area contributed by atoms with Crippen LogP contribution < -0.4 is 5.32 Å². The van der Waals surface area contributed by atoms with Gasteiger partial charge in [-0.1, -0.05) is 19.8 Å². The highest BCUT2D eigenvalue weighted by molar-refractivity contribution is 6.17. The predicted octanol–water partition coefficient (Wildman–Crippen LogP) is 3.25. The zero-order valence-corrected chi connectivity index (χ0v) is 10.6. The summed E-state index contributed by atoms with van der Waals surface area (Å²) in [7, 11) is 0. The van der Waals surface area contributed by atoms with Crippen LogP contribution in [0, 0.1) is 0 Å². The number of hydrogen-bond donors (Lipinski definition) is 1. The van der Waals surface area contributed by atoms with Gasteiger partial charge in [-0.25, -0.2) is 9.97 Å². The minimum Gasteiger partial charge on any atom is -0.370 e. The van der Waals surface area contributed by atoms with Crippen molar-refractivity contribution in [1.29, 1.82) is 0 Å². The molecule has 0 aliphatic heterocycles. The molecule has 0 bridgehead atoms. The van der Waals surface area contributed by atoms with E-state index in [-0.39, 0.29) is 0 Å². The Balaban J connectivity index is 2.16. The van der Waals surface area contributed by atoms with Gasteiger partial charge >= 0.3 is 0 Å². The van der Waals surface area contributed by atoms with Gasteiger partial charge in [-0.3, -0.25) is 0 Å². The number of aryl methyl sites for hydroxylation is 1. The molecule has 0 saturated heterocycles. The summed E-state index contributed by atoms with van der Waals surface area (Å²) >= 11 is 5.61. The van der Waals surface area contributed by atoms with Gasteiger partial charge in [0.1, 0.15) is 12.1 Å². The summed E-state index contributed by atoms with van der Waals surface area (Å²) in [5.41, 5.74) is 1.08. The first-order valence-corrected chi connectivity index (χ1v) is 6.51. The Morgan fingerprint density at radius 3 is 2.75 bits per heavy atom. The second-order valence-electron chi connectivity index (χ2n) is 3.78. The van der Waals surface area contributed by atoms with Gasteiger partial charge in [0.05, 0.1) is 0 Å². The number of halogens is 1. The van der Waals surface area contributed by atoms with Gasteiger partial charge in [-0.15, -0.1) is 11.6 Å². The summed E-state index contributed by atoms with van der Waals surface area (Å²) in [5, 5.41) is 3.31. The summed E-state index contributed by atoms with van der Waals surface area (Å²) in [5.74, 6) is 1.71. The number of hydrogen-bond acceptors (Lipinski definition) is 3. The average molecular weight is 242 g/mol. The van der Waals surface area contributed by atoms with Crippen molar-refractivity contribution in [2.45, 2.75) is 39.0 Å². The molecule has 90 valence electrons. The SMILES string of the molecule is CCc1cc(NCCCCCCCl)ncn1. The third-order valence-electron chi connectivity index (χ3n) is 2.45. The summed E-state index contributed by atoms with van der Waals surface area (Å²) in [4.78, 5) is 8.34. The molecule has 1 N–H and O–H groups in total. The van der Waals surface area contributed by atoms with Crippen molar-refractivity contribution in [3.63, 3.8) is 0 Å². The van der Waals surface area contributed by atoms with E-state index in [9.17, 15) is 0 Å². The molecule has 1 aromatic heterocycles. The Morgan fingerprint density at radius 2 is 2.00 bits per heavy atom. The molecule has 0 aliphatic rings. The molecular formula is C12H20ClN3. The summed E-state index contributed by atoms with van der Waals surface area (Å²) < 4.78 is 0. The van der Waals surface area contributed by atoms with Gasteiger partial charge in [0.15, 0.2) is 0 Å². The molecule has 0 aliphatic carbocycles. The van der Waals surface area contributed by atoms with Gasteiger partial charge in [-0.05, 0) is 19.3 Å². The molecule has 0 fully saturated rings. The first-order valence-electron chi connectivity index (χ1n) is 5.97. The lowest BCUT2D eigenvalue weighted by Gasteiger charge is -2.05. The number of aromatic nitrogens is 2. The molecule has 0 radical (unpaired) electrons. The van der Waals surface area contributed by atoms with Crippen LogP contribution in [0.4, 0.5) is 5.82 Å². The molecule has 4 heteroatoms. The van der Waals surface area contributed by atoms with Gasteiger partial charge < -0.3 is 5.32 Å². The van der Waals surface area contributed by atoms with Crippen molar-refractivity contribution in [2.75, 3.05) is 17.7 Å². The maximum absolute atomic E-state index is 5.61. The van der Waals surface area contributed by atoms with E-state index < -0.39 is 0 Å². The standard InChI is InChI=1S/C12H20ClN3/c1-2-11-9-12(16-10-15-11)14-8-6-4-3-5-7-13/h9-10H,2-8H2,1H3,(H,14,15,16). The van der Waals surface area contributed by atoms with E-state index in [0.717, 1.165) is 36.8 Å². The van der Waals surface area contributed by atoms with Crippen LogP contribution in [0.3, 0.4) is 0 Å². The molecule has 0 spiro atoms. The van der Waals surface area contributed by atoms with E-state index in [0.29, 0.717) is 0 Å². The normalized spacial score (nSPS) is 10.4. The average Bonchev–Trinajstić information content (AvgIpc) is 2.34. The van der Waals surface area contributed by atoms with Gasteiger partial charge in [-0.2, -0.15) is 0 Å². The van der Waals surface area contributed by atoms with Crippen LogP contribution >= 0.6 is 11.6 Å². The number of unbranched alkanes of at least 4 members (excludes halogenated alkanes) is 3. The van der Waals surface area contributed by atoms with E-state index >= 15 is 0 Å². The lowest BCUT2D eigenvalue weighted by molar-refractivity contribution is 0.686. The molecule has 1 rings (SSSR count). The van der Waals surface area contributed by atoms with Crippen molar-refractivity contribution in [1.82, 2.24) is 9.97 Å². The van der Waals surface area contributed by atoms with Crippen molar-refractivity contribution < 1.29 is 0 Å². The predicted molar refractivity (Wildman–Crippen MR) is 69.1 cm³/mol. The number of rotatable bonds is 8. The summed E-state index contributed by atoms with van der Waals surface area (Å²) in [6.45, 7) is 3.07. The summed E-state index contributed by atoms with van der Waals surface area (Å²) in [6, 6.07) is 2.01. The van der Waals surface area contributed by atoms with Crippen molar-refractivity contribution in [3.05, 3.63) is 18.1 Å². The zero-order chi connectivity index (χ0) is 11.6. The number of anilines is 1. The third kappa shape index (κ3) is 5.31. The molecule has 0 aromatic carbocycles. The fourth-order valence-corrected chi connectivity index (χ4v) is 1.67. The third-order valence-corrected chi connectivity index (χ3v) is 2.72. The van der Waals surface area contributed by atoms with E-state index in [4.69, 9.17) is 11.6 Å². The highest BCUT2D eigenvalue weighted by atomic mass is 35.5. The maximum atomic E-state index is 5.61. The van der Waals surface area contributed by atoms with Crippen molar-refractivity contribution >= 4 is 17.4 Å². The van der Waals surface area contributed by atoms with Crippen LogP contribution in [0.2, 0.25) is 0 Å². The Kier molecular flexibility index (Phi) is 6.90. The zero-order valence-electron chi connectivity index (χ0n) is 9.88. The van der Waals surface area contributed by atoms with Crippen LogP contribution in [0.25, 0.3) is 0 Å². The minimum absolute atomic E-state index is 0.777. The topological polar surface area (TPSA) is 37.8 Å². The van der Waals surface area contributed by atoms with Gasteiger partial charge in [0.2, 0.25) is 0 Å². The number of alkyl halides is 1. The van der Waals surface area contributed by atoms with Crippen LogP contribution in [0.5, 0.6) is 0 Å². The second-order valence-corrected chi connectivity index (χ2v) is 4.16. The van der Waals surface area contributed by atoms with Gasteiger partial charge in [0, 0.05) is 24.2 Å². The molecule has 1 aromatic rings. The van der Waals surface area contributed by atoms with Crippen LogP contribution in [-0.2, 0) is 6.42 Å². The number of nitrogens with one attached hydrogen (secondary N) is 1. The second kappa shape index (κ2) is 8.34. The lowest BCUT2D eigenvalue weighted by Crippen LogP contribution is -2.04. The number of nitrogens with zero attached hydrogens (tertiary/aromatic N) is 2. The molecule has 1 heterocycles. The van der Waals surface area contributed by atoms with E-state index in [1.54, 1.807) is 6.33 Å². The van der Waals surface area contributed by atoms with Crippen LogP contribution in [0.1, 0.15) is 38.3 Å². The minimum atomic E-state index is 0.777. The van der Waals surface area contributed by atoms with Crippen LogP contribution in [-0.4, -0.2) is 22.4 Å². The first kappa shape index (κ1) is 13.2. The van der Waals surface area contributed by atoms with Crippen molar-refractivity contribution in [3.8, 4) is 0 Å². The molecular weight excluding hydrogens is 222 g/mol. The smallest absolute Gasteiger partial charge is 0.129 e. The quantitative estimate of drug-likeness (QED) is 0.561. The van der Waals surface area contributed by atoms with E-state index in [1.165, 1.54) is 19.3 Å². The maximum Gasteiger partial charge on any atom is 0.129 e. The molecule has 0 saturated carbocycles. The fourth-order valence-electron chi connectivity index (χ4n) is 1.48. The first-order chi connectivity index (χ1) is 7.86. The Labute approximate surface area is 103 Å². The van der Waals surface area contributed by atoms with Crippen molar-refractivity contribution in [2.24, 2.45) is 0 Å². The molecule has 3 nitrogen and oxygen atoms in total. The summed E-state index contributed by atoms with van der Waals surface area (Å²) in [6.07, 6.45) is 7.31. The van der Waals surface area contributed by atoms with Gasteiger partial charge in [0.25, 0.3) is 0 Å². The Morgan fingerprint density at radius 1 is 1.19 bits per heavy atom. The molecule has 0 amide bonds. The highest BCUT2D eigenvalue weighted by Crippen LogP contribution is 2.06. The lowest BCUT2D eigenvalue weighted by atomic mass is 10.2. The molecule has 16 heavy (non-hydrogen) atoms. The monoisotopic (exact) mass is 241 g/mol. The van der Waals surface area contributed by atoms with E-state index in [2.05, 4.69) is 22.2 Å². The Bertz CT molecular complexity index is 291. The highest BCUT2D eigenvalue weighted by Gasteiger charge is 1.96. The fraction of sp³-hybridized carbons (Fsp3) is 0.667. The molecule has 0 atom stereocenters. The molecule has 0 unspecified atom stereocenters. The Hall–Kier alpha value is -0.830. The van der Waals surface area contributed by atoms with Crippen LogP contribution in [0.15, 0.2) is 12.4 Å². The largest absolute Gasteiger partial charge is 0.370 e.